The standard InChI is InChI=1S/C18H28N2O4S/c1-13-11-14(17(21)19-15-7-5-6-8-15)9-10-16(13)20-25(22,23)12-18(2,3)24-4/h9-11,15,20H,5-8,12H2,1-4H3,(H,19,21). The third kappa shape index (κ3) is 5.71. The largest absolute Gasteiger partial charge is 0.378 e. The minimum atomic E-state index is -3.55. The van der Waals surface area contributed by atoms with E-state index in [-0.39, 0.29) is 17.7 Å². The number of methoxy groups -OCH3 is 1. The van der Waals surface area contributed by atoms with Crippen LogP contribution in [0.5, 0.6) is 0 Å². The molecule has 1 aliphatic rings. The quantitative estimate of drug-likeness (QED) is 0.775. The summed E-state index contributed by atoms with van der Waals surface area (Å²) in [6.07, 6.45) is 4.36. The number of rotatable bonds is 7. The second-order valence-corrected chi connectivity index (χ2v) is 9.03. The highest BCUT2D eigenvalue weighted by Gasteiger charge is 2.26. The summed E-state index contributed by atoms with van der Waals surface area (Å²) in [6.45, 7) is 5.22. The Kier molecular flexibility index (Phi) is 6.11. The first-order chi connectivity index (χ1) is 11.6. The first-order valence-electron chi connectivity index (χ1n) is 8.59. The Balaban J connectivity index is 2.07. The Morgan fingerprint density at radius 3 is 2.48 bits per heavy atom. The molecule has 0 aromatic heterocycles. The van der Waals surface area contributed by atoms with Gasteiger partial charge < -0.3 is 10.1 Å². The molecule has 140 valence electrons. The summed E-state index contributed by atoms with van der Waals surface area (Å²) in [5, 5.41) is 3.03. The fraction of sp³-hybridized carbons (Fsp3) is 0.611. The summed E-state index contributed by atoms with van der Waals surface area (Å²) in [5.41, 5.74) is 0.952. The van der Waals surface area contributed by atoms with Crippen LogP contribution in [-0.2, 0) is 14.8 Å². The average molecular weight is 368 g/mol. The van der Waals surface area contributed by atoms with E-state index in [9.17, 15) is 13.2 Å². The van der Waals surface area contributed by atoms with Crippen molar-refractivity contribution >= 4 is 21.6 Å². The number of carbonyl (C=O) groups is 1. The van der Waals surface area contributed by atoms with Crippen LogP contribution < -0.4 is 10.0 Å². The zero-order valence-corrected chi connectivity index (χ0v) is 16.2. The number of amides is 1. The molecule has 0 saturated heterocycles. The molecule has 1 aromatic rings. The van der Waals surface area contributed by atoms with Crippen molar-refractivity contribution in [2.45, 2.75) is 58.1 Å². The highest BCUT2D eigenvalue weighted by atomic mass is 32.2. The van der Waals surface area contributed by atoms with Crippen molar-refractivity contribution in [2.24, 2.45) is 0 Å². The summed E-state index contributed by atoms with van der Waals surface area (Å²) in [6, 6.07) is 5.25. The van der Waals surface area contributed by atoms with E-state index in [0.29, 0.717) is 16.8 Å². The van der Waals surface area contributed by atoms with Crippen molar-refractivity contribution in [3.05, 3.63) is 29.3 Å². The number of hydrogen-bond acceptors (Lipinski definition) is 4. The van der Waals surface area contributed by atoms with Crippen LogP contribution in [0.25, 0.3) is 0 Å². The number of aryl methyl sites for hydroxylation is 1. The van der Waals surface area contributed by atoms with Crippen LogP contribution in [0.4, 0.5) is 5.69 Å². The van der Waals surface area contributed by atoms with Gasteiger partial charge in [0.2, 0.25) is 10.0 Å². The van der Waals surface area contributed by atoms with Crippen molar-refractivity contribution in [3.63, 3.8) is 0 Å². The molecule has 0 spiro atoms. The molecule has 25 heavy (non-hydrogen) atoms. The van der Waals surface area contributed by atoms with E-state index in [1.807, 2.05) is 0 Å². The molecule has 1 fully saturated rings. The Morgan fingerprint density at radius 1 is 1.28 bits per heavy atom. The molecule has 0 radical (unpaired) electrons. The lowest BCUT2D eigenvalue weighted by Crippen LogP contribution is -2.35. The summed E-state index contributed by atoms with van der Waals surface area (Å²) >= 11 is 0. The van der Waals surface area contributed by atoms with Crippen LogP contribution in [0.1, 0.15) is 55.5 Å². The number of carbonyl (C=O) groups excluding carboxylic acids is 1. The fourth-order valence-electron chi connectivity index (χ4n) is 2.98. The molecular formula is C18H28N2O4S. The molecule has 1 amide bonds. The van der Waals surface area contributed by atoms with Gasteiger partial charge in [0.25, 0.3) is 5.91 Å². The monoisotopic (exact) mass is 368 g/mol. The first kappa shape index (κ1) is 19.7. The molecule has 0 unspecified atom stereocenters. The Hall–Kier alpha value is -1.60. The Morgan fingerprint density at radius 2 is 1.92 bits per heavy atom. The van der Waals surface area contributed by atoms with E-state index in [2.05, 4.69) is 10.0 Å². The lowest BCUT2D eigenvalue weighted by atomic mass is 10.1. The normalized spacial score (nSPS) is 16.0. The summed E-state index contributed by atoms with van der Waals surface area (Å²) in [5.74, 6) is -0.259. The Bertz CT molecular complexity index is 723. The van der Waals surface area contributed by atoms with Crippen LogP contribution in [0.2, 0.25) is 0 Å². The van der Waals surface area contributed by atoms with E-state index in [0.717, 1.165) is 25.7 Å². The molecule has 2 rings (SSSR count). The highest BCUT2D eigenvalue weighted by Crippen LogP contribution is 2.22. The minimum Gasteiger partial charge on any atom is -0.378 e. The van der Waals surface area contributed by atoms with Gasteiger partial charge in [0.15, 0.2) is 0 Å². The maximum absolute atomic E-state index is 12.3. The van der Waals surface area contributed by atoms with Crippen molar-refractivity contribution in [2.75, 3.05) is 17.6 Å². The summed E-state index contributed by atoms with van der Waals surface area (Å²) < 4.78 is 32.4. The van der Waals surface area contributed by atoms with E-state index in [4.69, 9.17) is 4.74 Å². The number of nitrogens with one attached hydrogen (secondary N) is 2. The number of anilines is 1. The first-order valence-corrected chi connectivity index (χ1v) is 10.2. The molecule has 1 saturated carbocycles. The van der Waals surface area contributed by atoms with Gasteiger partial charge in [-0.3, -0.25) is 9.52 Å². The number of ether oxygens (including phenoxy) is 1. The van der Waals surface area contributed by atoms with Gasteiger partial charge in [-0.15, -0.1) is 0 Å². The van der Waals surface area contributed by atoms with Gasteiger partial charge in [-0.05, 0) is 57.4 Å². The SMILES string of the molecule is COC(C)(C)CS(=O)(=O)Nc1ccc(C(=O)NC2CCCC2)cc1C. The van der Waals surface area contributed by atoms with Crippen molar-refractivity contribution < 1.29 is 17.9 Å². The second kappa shape index (κ2) is 7.74. The fourth-order valence-corrected chi connectivity index (χ4v) is 4.65. The number of sulfonamides is 1. The number of benzene rings is 1. The Labute approximate surface area is 150 Å². The summed E-state index contributed by atoms with van der Waals surface area (Å²) in [4.78, 5) is 12.3. The number of hydrogen-bond donors (Lipinski definition) is 2. The topological polar surface area (TPSA) is 84.5 Å². The van der Waals surface area contributed by atoms with E-state index in [1.165, 1.54) is 7.11 Å². The third-order valence-electron chi connectivity index (χ3n) is 4.53. The van der Waals surface area contributed by atoms with Gasteiger partial charge >= 0.3 is 0 Å². The maximum atomic E-state index is 12.3. The van der Waals surface area contributed by atoms with Crippen molar-refractivity contribution in [1.82, 2.24) is 5.32 Å². The minimum absolute atomic E-state index is 0.107. The van der Waals surface area contributed by atoms with Crippen LogP contribution in [0.15, 0.2) is 18.2 Å². The van der Waals surface area contributed by atoms with Crippen molar-refractivity contribution in [1.29, 1.82) is 0 Å². The van der Waals surface area contributed by atoms with Crippen LogP contribution in [0.3, 0.4) is 0 Å². The molecular weight excluding hydrogens is 340 g/mol. The maximum Gasteiger partial charge on any atom is 0.251 e. The molecule has 1 aromatic carbocycles. The molecule has 0 aliphatic heterocycles. The van der Waals surface area contributed by atoms with Gasteiger partial charge in [-0.1, -0.05) is 12.8 Å². The van der Waals surface area contributed by atoms with E-state index >= 15 is 0 Å². The zero-order chi connectivity index (χ0) is 18.7. The average Bonchev–Trinajstić information content (AvgIpc) is 3.01. The molecule has 6 nitrogen and oxygen atoms in total. The van der Waals surface area contributed by atoms with Crippen LogP contribution >= 0.6 is 0 Å². The van der Waals surface area contributed by atoms with Gasteiger partial charge in [-0.2, -0.15) is 0 Å². The molecule has 0 atom stereocenters. The van der Waals surface area contributed by atoms with Crippen LogP contribution in [-0.4, -0.2) is 38.8 Å². The van der Waals surface area contributed by atoms with E-state index < -0.39 is 15.6 Å². The smallest absolute Gasteiger partial charge is 0.251 e. The lowest BCUT2D eigenvalue weighted by molar-refractivity contribution is 0.0426. The molecule has 0 bridgehead atoms. The third-order valence-corrected chi connectivity index (χ3v) is 6.14. The van der Waals surface area contributed by atoms with Crippen molar-refractivity contribution in [3.8, 4) is 0 Å². The van der Waals surface area contributed by atoms with Gasteiger partial charge in [-0.25, -0.2) is 8.42 Å². The molecule has 0 heterocycles. The van der Waals surface area contributed by atoms with Gasteiger partial charge in [0.05, 0.1) is 17.0 Å². The van der Waals surface area contributed by atoms with Gasteiger partial charge in [0, 0.05) is 18.7 Å². The molecule has 1 aliphatic carbocycles. The van der Waals surface area contributed by atoms with E-state index in [1.54, 1.807) is 39.0 Å². The molecule has 2 N–H and O–H groups in total. The highest BCUT2D eigenvalue weighted by molar-refractivity contribution is 7.92. The molecule has 7 heteroatoms. The predicted molar refractivity (Wildman–Crippen MR) is 99.4 cm³/mol. The van der Waals surface area contributed by atoms with Crippen LogP contribution in [0, 0.1) is 6.92 Å². The van der Waals surface area contributed by atoms with Gasteiger partial charge in [0.1, 0.15) is 0 Å². The summed E-state index contributed by atoms with van der Waals surface area (Å²) in [7, 11) is -2.07. The zero-order valence-electron chi connectivity index (χ0n) is 15.4. The predicted octanol–water partition coefficient (Wildman–Crippen LogP) is 2.83. The second-order valence-electron chi connectivity index (χ2n) is 7.31. The lowest BCUT2D eigenvalue weighted by Gasteiger charge is -2.23.